The van der Waals surface area contributed by atoms with Crippen LogP contribution >= 0.6 is 12.4 Å². The highest BCUT2D eigenvalue weighted by Crippen LogP contribution is 2.30. The molecule has 1 N–H and O–H groups in total. The number of hydrogen-bond donors (Lipinski definition) is 1. The number of nitrogens with zero attached hydrogens (tertiary/aromatic N) is 3. The van der Waals surface area contributed by atoms with Gasteiger partial charge in [-0.2, -0.15) is 4.98 Å². The van der Waals surface area contributed by atoms with Gasteiger partial charge >= 0.3 is 0 Å². The van der Waals surface area contributed by atoms with Crippen molar-refractivity contribution in [2.45, 2.75) is 39.0 Å². The first kappa shape index (κ1) is 15.7. The molecule has 0 radical (unpaired) electrons. The van der Waals surface area contributed by atoms with Crippen LogP contribution in [0.1, 0.15) is 43.8 Å². The molecule has 0 spiro atoms. The van der Waals surface area contributed by atoms with Crippen molar-refractivity contribution in [1.29, 1.82) is 0 Å². The number of halogens is 1. The standard InChI is InChI=1S/C14H24N4O.ClH/c1-11-16-13(19-17-11)12-4-3-7-18(8-12)10-14(2)5-6-15-9-14;/h12,15H,3-10H2,1-2H3;1H. The van der Waals surface area contributed by atoms with Gasteiger partial charge in [0.05, 0.1) is 5.92 Å². The molecule has 2 unspecified atom stereocenters. The molecule has 2 saturated heterocycles. The maximum absolute atomic E-state index is 5.35. The van der Waals surface area contributed by atoms with Crippen LogP contribution in [0, 0.1) is 12.3 Å². The minimum absolute atomic E-state index is 0. The van der Waals surface area contributed by atoms with Crippen LogP contribution in [0.25, 0.3) is 0 Å². The first-order valence-electron chi connectivity index (χ1n) is 7.38. The Labute approximate surface area is 126 Å². The van der Waals surface area contributed by atoms with Gasteiger partial charge in [0, 0.05) is 19.6 Å². The highest BCUT2D eigenvalue weighted by Gasteiger charge is 2.33. The molecule has 0 aromatic carbocycles. The van der Waals surface area contributed by atoms with Gasteiger partial charge in [-0.15, -0.1) is 12.4 Å². The topological polar surface area (TPSA) is 54.2 Å². The van der Waals surface area contributed by atoms with E-state index in [0.29, 0.717) is 11.3 Å². The fourth-order valence-electron chi connectivity index (χ4n) is 3.42. The quantitative estimate of drug-likeness (QED) is 0.925. The predicted molar refractivity (Wildman–Crippen MR) is 80.3 cm³/mol. The molecular formula is C14H25ClN4O. The van der Waals surface area contributed by atoms with E-state index in [0.717, 1.165) is 31.3 Å². The van der Waals surface area contributed by atoms with Gasteiger partial charge in [-0.25, -0.2) is 0 Å². The summed E-state index contributed by atoms with van der Waals surface area (Å²) in [5.74, 6) is 2.00. The molecule has 6 heteroatoms. The molecule has 2 aliphatic heterocycles. The molecule has 2 fully saturated rings. The molecule has 3 rings (SSSR count). The Bertz CT molecular complexity index is 431. The zero-order chi connectivity index (χ0) is 13.3. The van der Waals surface area contributed by atoms with Gasteiger partial charge in [0.1, 0.15) is 0 Å². The fourth-order valence-corrected chi connectivity index (χ4v) is 3.42. The lowest BCUT2D eigenvalue weighted by Gasteiger charge is -2.36. The maximum atomic E-state index is 5.35. The lowest BCUT2D eigenvalue weighted by molar-refractivity contribution is 0.131. The monoisotopic (exact) mass is 300 g/mol. The third-order valence-electron chi connectivity index (χ3n) is 4.46. The van der Waals surface area contributed by atoms with E-state index in [2.05, 4.69) is 27.3 Å². The number of nitrogens with one attached hydrogen (secondary N) is 1. The van der Waals surface area contributed by atoms with E-state index in [9.17, 15) is 0 Å². The summed E-state index contributed by atoms with van der Waals surface area (Å²) in [5.41, 5.74) is 0.437. The number of hydrogen-bond acceptors (Lipinski definition) is 5. The highest BCUT2D eigenvalue weighted by atomic mass is 35.5. The van der Waals surface area contributed by atoms with Crippen molar-refractivity contribution in [3.63, 3.8) is 0 Å². The van der Waals surface area contributed by atoms with Gasteiger partial charge in [0.2, 0.25) is 5.89 Å². The smallest absolute Gasteiger partial charge is 0.231 e. The van der Waals surface area contributed by atoms with Gasteiger partial charge in [0.25, 0.3) is 0 Å². The van der Waals surface area contributed by atoms with Crippen molar-refractivity contribution in [1.82, 2.24) is 20.4 Å². The maximum Gasteiger partial charge on any atom is 0.231 e. The second-order valence-corrected chi connectivity index (χ2v) is 6.49. The summed E-state index contributed by atoms with van der Waals surface area (Å²) >= 11 is 0. The van der Waals surface area contributed by atoms with Gasteiger partial charge in [-0.1, -0.05) is 12.1 Å². The summed E-state index contributed by atoms with van der Waals surface area (Å²) < 4.78 is 5.35. The molecule has 2 atom stereocenters. The first-order chi connectivity index (χ1) is 9.15. The lowest BCUT2D eigenvalue weighted by atomic mass is 9.87. The van der Waals surface area contributed by atoms with E-state index in [-0.39, 0.29) is 12.4 Å². The minimum atomic E-state index is 0. The van der Waals surface area contributed by atoms with Crippen molar-refractivity contribution >= 4 is 12.4 Å². The van der Waals surface area contributed by atoms with Crippen LogP contribution in [0.5, 0.6) is 0 Å². The second kappa shape index (κ2) is 6.41. The van der Waals surface area contributed by atoms with Gasteiger partial charge in [0.15, 0.2) is 5.82 Å². The zero-order valence-electron chi connectivity index (χ0n) is 12.4. The summed E-state index contributed by atoms with van der Waals surface area (Å²) in [6.07, 6.45) is 3.69. The van der Waals surface area contributed by atoms with E-state index in [1.807, 2.05) is 6.92 Å². The van der Waals surface area contributed by atoms with Gasteiger partial charge in [-0.05, 0) is 44.7 Å². The van der Waals surface area contributed by atoms with Crippen LogP contribution < -0.4 is 5.32 Å². The Hall–Kier alpha value is -0.650. The summed E-state index contributed by atoms with van der Waals surface area (Å²) in [5, 5.41) is 7.40. The molecule has 1 aromatic rings. The Morgan fingerprint density at radius 3 is 3.00 bits per heavy atom. The van der Waals surface area contributed by atoms with E-state index in [4.69, 9.17) is 4.52 Å². The largest absolute Gasteiger partial charge is 0.339 e. The van der Waals surface area contributed by atoms with Crippen molar-refractivity contribution in [2.24, 2.45) is 5.41 Å². The number of aromatic nitrogens is 2. The summed E-state index contributed by atoms with van der Waals surface area (Å²) in [7, 11) is 0. The third kappa shape index (κ3) is 3.51. The number of rotatable bonds is 3. The number of likely N-dealkylation sites (tertiary alicyclic amines) is 1. The van der Waals surface area contributed by atoms with E-state index in [1.54, 1.807) is 0 Å². The molecule has 20 heavy (non-hydrogen) atoms. The summed E-state index contributed by atoms with van der Waals surface area (Å²) in [4.78, 5) is 6.99. The average Bonchev–Trinajstić information content (AvgIpc) is 2.99. The van der Waals surface area contributed by atoms with Crippen LogP contribution in [0.3, 0.4) is 0 Å². The molecular weight excluding hydrogens is 276 g/mol. The average molecular weight is 301 g/mol. The normalized spacial score (nSPS) is 31.2. The summed E-state index contributed by atoms with van der Waals surface area (Å²) in [6, 6.07) is 0. The van der Waals surface area contributed by atoms with Crippen LogP contribution in [0.15, 0.2) is 4.52 Å². The minimum Gasteiger partial charge on any atom is -0.339 e. The van der Waals surface area contributed by atoms with E-state index in [1.165, 1.54) is 32.4 Å². The molecule has 0 amide bonds. The SMILES string of the molecule is Cc1noc(C2CCCN(CC3(C)CCNC3)C2)n1.Cl. The second-order valence-electron chi connectivity index (χ2n) is 6.49. The van der Waals surface area contributed by atoms with Crippen LogP contribution in [0.4, 0.5) is 0 Å². The Kier molecular flexibility index (Phi) is 5.04. The van der Waals surface area contributed by atoms with E-state index >= 15 is 0 Å². The number of aryl methyl sites for hydroxylation is 1. The number of piperidine rings is 1. The zero-order valence-corrected chi connectivity index (χ0v) is 13.2. The van der Waals surface area contributed by atoms with Crippen molar-refractivity contribution in [3.8, 4) is 0 Å². The van der Waals surface area contributed by atoms with E-state index < -0.39 is 0 Å². The van der Waals surface area contributed by atoms with Gasteiger partial charge < -0.3 is 14.7 Å². The first-order valence-corrected chi connectivity index (χ1v) is 7.38. The van der Waals surface area contributed by atoms with Gasteiger partial charge in [-0.3, -0.25) is 0 Å². The van der Waals surface area contributed by atoms with Crippen LogP contribution in [-0.2, 0) is 0 Å². The molecule has 114 valence electrons. The Balaban J connectivity index is 0.00000147. The molecule has 0 bridgehead atoms. The molecule has 0 aliphatic carbocycles. The predicted octanol–water partition coefficient (Wildman–Crippen LogP) is 1.98. The summed E-state index contributed by atoms with van der Waals surface area (Å²) in [6.45, 7) is 10.1. The Morgan fingerprint density at radius 1 is 1.50 bits per heavy atom. The van der Waals surface area contributed by atoms with Crippen LogP contribution in [0.2, 0.25) is 0 Å². The van der Waals surface area contributed by atoms with Crippen molar-refractivity contribution in [2.75, 3.05) is 32.7 Å². The third-order valence-corrected chi connectivity index (χ3v) is 4.46. The fraction of sp³-hybridized carbons (Fsp3) is 0.857. The van der Waals surface area contributed by atoms with Crippen molar-refractivity contribution in [3.05, 3.63) is 11.7 Å². The van der Waals surface area contributed by atoms with Crippen molar-refractivity contribution < 1.29 is 4.52 Å². The Morgan fingerprint density at radius 2 is 2.35 bits per heavy atom. The molecule has 1 aromatic heterocycles. The highest BCUT2D eigenvalue weighted by molar-refractivity contribution is 5.85. The molecule has 2 aliphatic rings. The van der Waals surface area contributed by atoms with Crippen LogP contribution in [-0.4, -0.2) is 47.8 Å². The molecule has 3 heterocycles. The molecule has 5 nitrogen and oxygen atoms in total. The lowest BCUT2D eigenvalue weighted by Crippen LogP contribution is -2.42. The molecule has 0 saturated carbocycles.